The molecule has 0 bridgehead atoms. The van der Waals surface area contributed by atoms with Gasteiger partial charge in [-0.05, 0) is 6.92 Å². The van der Waals surface area contributed by atoms with Crippen LogP contribution < -0.4 is 5.73 Å². The maximum absolute atomic E-state index is 9.90. The lowest BCUT2D eigenvalue weighted by molar-refractivity contribution is 0.119. The Morgan fingerprint density at radius 3 is 2.78 bits per heavy atom. The van der Waals surface area contributed by atoms with Crippen LogP contribution in [0.3, 0.4) is 0 Å². The fourth-order valence-electron chi connectivity index (χ4n) is 0.330. The predicted molar refractivity (Wildman–Crippen MR) is 31.8 cm³/mol. The highest BCUT2D eigenvalue weighted by Gasteiger charge is 1.96. The van der Waals surface area contributed by atoms with E-state index in [0.29, 0.717) is 6.42 Å². The van der Waals surface area contributed by atoms with Gasteiger partial charge in [-0.3, -0.25) is 0 Å². The number of rotatable bonds is 3. The summed E-state index contributed by atoms with van der Waals surface area (Å²) in [6.45, 7) is 1.80. The Morgan fingerprint density at radius 1 is 1.89 bits per heavy atom. The fourth-order valence-corrected chi connectivity index (χ4v) is 0.330. The Morgan fingerprint density at radius 2 is 2.44 bits per heavy atom. The molecular formula is C5H11NO3. The van der Waals surface area contributed by atoms with Gasteiger partial charge in [0.05, 0.1) is 12.7 Å². The van der Waals surface area contributed by atoms with E-state index in [2.05, 4.69) is 10.5 Å². The minimum atomic E-state index is -0.796. The summed E-state index contributed by atoms with van der Waals surface area (Å²) in [5.74, 6) is 0. The molecular weight excluding hydrogens is 122 g/mol. The highest BCUT2D eigenvalue weighted by Crippen LogP contribution is 1.88. The van der Waals surface area contributed by atoms with Crippen LogP contribution in [0, 0.1) is 0 Å². The summed E-state index contributed by atoms with van der Waals surface area (Å²) >= 11 is 0. The number of primary amides is 1. The molecule has 1 amide bonds. The average molecular weight is 133 g/mol. The van der Waals surface area contributed by atoms with E-state index >= 15 is 0 Å². The van der Waals surface area contributed by atoms with Gasteiger partial charge in [-0.15, -0.1) is 0 Å². The van der Waals surface area contributed by atoms with Gasteiger partial charge in [0.2, 0.25) is 0 Å². The quantitative estimate of drug-likeness (QED) is 0.562. The highest BCUT2D eigenvalue weighted by atomic mass is 16.5. The van der Waals surface area contributed by atoms with Crippen molar-refractivity contribution in [3.8, 4) is 0 Å². The predicted octanol–water partition coefficient (Wildman–Crippen LogP) is -0.147. The first-order valence-corrected chi connectivity index (χ1v) is 2.73. The zero-order valence-electron chi connectivity index (χ0n) is 5.33. The van der Waals surface area contributed by atoms with E-state index in [1.807, 2.05) is 0 Å². The van der Waals surface area contributed by atoms with Crippen LogP contribution in [0.5, 0.6) is 0 Å². The van der Waals surface area contributed by atoms with Crippen molar-refractivity contribution in [2.75, 3.05) is 6.61 Å². The molecule has 4 heteroatoms. The highest BCUT2D eigenvalue weighted by molar-refractivity contribution is 5.64. The molecule has 0 aliphatic carbocycles. The first-order chi connectivity index (χ1) is 4.13. The summed E-state index contributed by atoms with van der Waals surface area (Å²) in [5, 5.41) is 8.63. The van der Waals surface area contributed by atoms with Crippen molar-refractivity contribution in [1.29, 1.82) is 0 Å². The third kappa shape index (κ3) is 7.23. The third-order valence-electron chi connectivity index (χ3n) is 0.780. The molecule has 0 aliphatic heterocycles. The molecule has 0 heterocycles. The van der Waals surface area contributed by atoms with Gasteiger partial charge in [-0.25, -0.2) is 4.79 Å². The molecule has 4 nitrogen and oxygen atoms in total. The SMILES string of the molecule is CC(O)CCOC(N)=O. The Hall–Kier alpha value is -0.770. The lowest BCUT2D eigenvalue weighted by atomic mass is 10.3. The van der Waals surface area contributed by atoms with Gasteiger partial charge in [0.1, 0.15) is 0 Å². The largest absolute Gasteiger partial charge is 0.450 e. The normalized spacial score (nSPS) is 12.7. The molecule has 9 heavy (non-hydrogen) atoms. The molecule has 0 fully saturated rings. The second-order valence-corrected chi connectivity index (χ2v) is 1.81. The topological polar surface area (TPSA) is 72.6 Å². The Balaban J connectivity index is 3.01. The lowest BCUT2D eigenvalue weighted by Crippen LogP contribution is -2.16. The molecule has 0 radical (unpaired) electrons. The minimum Gasteiger partial charge on any atom is -0.450 e. The molecule has 1 unspecified atom stereocenters. The van der Waals surface area contributed by atoms with Crippen LogP contribution in [-0.2, 0) is 4.74 Å². The third-order valence-corrected chi connectivity index (χ3v) is 0.780. The van der Waals surface area contributed by atoms with Crippen LogP contribution >= 0.6 is 0 Å². The van der Waals surface area contributed by atoms with Crippen molar-refractivity contribution in [1.82, 2.24) is 0 Å². The van der Waals surface area contributed by atoms with Crippen LogP contribution in [0.15, 0.2) is 0 Å². The molecule has 0 spiro atoms. The summed E-state index contributed by atoms with van der Waals surface area (Å²) in [6, 6.07) is 0. The van der Waals surface area contributed by atoms with Crippen molar-refractivity contribution in [3.63, 3.8) is 0 Å². The molecule has 0 aromatic rings. The summed E-state index contributed by atoms with van der Waals surface area (Å²) in [5.41, 5.74) is 4.64. The van der Waals surface area contributed by atoms with Crippen LogP contribution in [0.2, 0.25) is 0 Å². The number of ether oxygens (including phenoxy) is 1. The van der Waals surface area contributed by atoms with Crippen LogP contribution in [0.25, 0.3) is 0 Å². The number of hydrogen-bond acceptors (Lipinski definition) is 3. The molecule has 0 aromatic carbocycles. The minimum absolute atomic E-state index is 0.188. The number of hydrogen-bond donors (Lipinski definition) is 2. The number of nitrogens with two attached hydrogens (primary N) is 1. The number of amides is 1. The molecule has 0 saturated heterocycles. The molecule has 0 rings (SSSR count). The van der Waals surface area contributed by atoms with Crippen molar-refractivity contribution < 1.29 is 14.6 Å². The Bertz CT molecular complexity index is 92.2. The van der Waals surface area contributed by atoms with E-state index in [4.69, 9.17) is 5.11 Å². The van der Waals surface area contributed by atoms with Gasteiger partial charge in [-0.1, -0.05) is 0 Å². The Kier molecular flexibility index (Phi) is 3.79. The second-order valence-electron chi connectivity index (χ2n) is 1.81. The van der Waals surface area contributed by atoms with Crippen molar-refractivity contribution in [3.05, 3.63) is 0 Å². The molecule has 0 aliphatic rings. The van der Waals surface area contributed by atoms with Gasteiger partial charge in [-0.2, -0.15) is 0 Å². The Labute approximate surface area is 53.6 Å². The summed E-state index contributed by atoms with van der Waals surface area (Å²) in [4.78, 5) is 9.90. The van der Waals surface area contributed by atoms with Crippen molar-refractivity contribution >= 4 is 6.09 Å². The van der Waals surface area contributed by atoms with E-state index in [9.17, 15) is 4.79 Å². The fraction of sp³-hybridized carbons (Fsp3) is 0.800. The van der Waals surface area contributed by atoms with Crippen molar-refractivity contribution in [2.45, 2.75) is 19.4 Å². The van der Waals surface area contributed by atoms with Crippen LogP contribution in [0.1, 0.15) is 13.3 Å². The smallest absolute Gasteiger partial charge is 0.404 e. The van der Waals surface area contributed by atoms with Crippen molar-refractivity contribution in [2.24, 2.45) is 5.73 Å². The molecule has 3 N–H and O–H groups in total. The van der Waals surface area contributed by atoms with Gasteiger partial charge < -0.3 is 15.6 Å². The molecule has 0 aromatic heterocycles. The number of carbonyl (C=O) groups excluding carboxylic acids is 1. The molecule has 54 valence electrons. The lowest BCUT2D eigenvalue weighted by Gasteiger charge is -2.02. The zero-order chi connectivity index (χ0) is 7.28. The maximum atomic E-state index is 9.90. The molecule has 1 atom stereocenters. The van der Waals surface area contributed by atoms with E-state index in [0.717, 1.165) is 0 Å². The standard InChI is InChI=1S/C5H11NO3/c1-4(7)2-3-9-5(6)8/h4,7H,2-3H2,1H3,(H2,6,8). The van der Waals surface area contributed by atoms with E-state index in [1.165, 1.54) is 0 Å². The van der Waals surface area contributed by atoms with E-state index < -0.39 is 12.2 Å². The van der Waals surface area contributed by atoms with Gasteiger partial charge in [0, 0.05) is 6.42 Å². The maximum Gasteiger partial charge on any atom is 0.404 e. The zero-order valence-corrected chi connectivity index (χ0v) is 5.33. The summed E-state index contributed by atoms with van der Waals surface area (Å²) in [7, 11) is 0. The van der Waals surface area contributed by atoms with Crippen LogP contribution in [-0.4, -0.2) is 23.9 Å². The summed E-state index contributed by atoms with van der Waals surface area (Å²) in [6.07, 6.45) is -0.803. The van der Waals surface area contributed by atoms with E-state index in [1.54, 1.807) is 6.92 Å². The number of carbonyl (C=O) groups is 1. The molecule has 0 saturated carbocycles. The van der Waals surface area contributed by atoms with Crippen LogP contribution in [0.4, 0.5) is 4.79 Å². The van der Waals surface area contributed by atoms with Gasteiger partial charge in [0.15, 0.2) is 0 Å². The first kappa shape index (κ1) is 8.23. The monoisotopic (exact) mass is 133 g/mol. The van der Waals surface area contributed by atoms with Gasteiger partial charge >= 0.3 is 6.09 Å². The first-order valence-electron chi connectivity index (χ1n) is 2.73. The van der Waals surface area contributed by atoms with Gasteiger partial charge in [0.25, 0.3) is 0 Å². The average Bonchev–Trinajstić information content (AvgIpc) is 1.63. The number of aliphatic hydroxyl groups is 1. The van der Waals surface area contributed by atoms with E-state index in [-0.39, 0.29) is 6.61 Å². The second kappa shape index (κ2) is 4.14. The summed E-state index contributed by atoms with van der Waals surface area (Å²) < 4.78 is 4.33. The number of aliphatic hydroxyl groups excluding tert-OH is 1.